The Morgan fingerprint density at radius 1 is 1.00 bits per heavy atom. The Balaban J connectivity index is 3.14. The fourth-order valence-electron chi connectivity index (χ4n) is 1.55. The van der Waals surface area contributed by atoms with Crippen molar-refractivity contribution in [3.63, 3.8) is 0 Å². The molecule has 0 aliphatic rings. The van der Waals surface area contributed by atoms with Crippen LogP contribution in [0.2, 0.25) is 0 Å². The molecule has 6 nitrogen and oxygen atoms in total. The first-order valence-corrected chi connectivity index (χ1v) is 5.07. The van der Waals surface area contributed by atoms with Crippen LogP contribution in [0.3, 0.4) is 0 Å². The van der Waals surface area contributed by atoms with E-state index in [4.69, 9.17) is 10.2 Å². The number of carbonyl (C=O) groups excluding carboxylic acids is 1. The standard InChI is InChI=1S/C12H12O6/c1-18-12(17)9-3-7(5-10(13)14)2-8(4-9)6-11(15)16/h2-4H,5-6H2,1H3,(H,13,14)(H,15,16). The van der Waals surface area contributed by atoms with Crippen LogP contribution < -0.4 is 0 Å². The monoisotopic (exact) mass is 252 g/mol. The zero-order valence-electron chi connectivity index (χ0n) is 9.67. The van der Waals surface area contributed by atoms with Gasteiger partial charge in [0.05, 0.1) is 25.5 Å². The molecule has 96 valence electrons. The van der Waals surface area contributed by atoms with E-state index in [1.807, 2.05) is 0 Å². The van der Waals surface area contributed by atoms with Gasteiger partial charge >= 0.3 is 17.9 Å². The molecule has 18 heavy (non-hydrogen) atoms. The minimum Gasteiger partial charge on any atom is -0.481 e. The van der Waals surface area contributed by atoms with E-state index in [0.29, 0.717) is 11.1 Å². The summed E-state index contributed by atoms with van der Waals surface area (Å²) in [6.45, 7) is 0. The smallest absolute Gasteiger partial charge is 0.337 e. The van der Waals surface area contributed by atoms with E-state index in [1.165, 1.54) is 25.3 Å². The number of hydrogen-bond donors (Lipinski definition) is 2. The van der Waals surface area contributed by atoms with E-state index in [0.717, 1.165) is 0 Å². The van der Waals surface area contributed by atoms with Crippen molar-refractivity contribution in [2.45, 2.75) is 12.8 Å². The van der Waals surface area contributed by atoms with Crippen LogP contribution in [0.5, 0.6) is 0 Å². The normalized spacial score (nSPS) is 9.83. The lowest BCUT2D eigenvalue weighted by Gasteiger charge is -2.06. The van der Waals surface area contributed by atoms with E-state index in [1.54, 1.807) is 0 Å². The lowest BCUT2D eigenvalue weighted by atomic mass is 10.0. The van der Waals surface area contributed by atoms with Crippen molar-refractivity contribution in [1.29, 1.82) is 0 Å². The topological polar surface area (TPSA) is 101 Å². The molecule has 6 heteroatoms. The minimum absolute atomic E-state index is 0.146. The molecule has 1 aromatic rings. The van der Waals surface area contributed by atoms with Crippen molar-refractivity contribution in [3.05, 3.63) is 34.9 Å². The SMILES string of the molecule is COC(=O)c1cc(CC(=O)O)cc(CC(=O)O)c1. The summed E-state index contributed by atoms with van der Waals surface area (Å²) in [6, 6.07) is 4.21. The number of benzene rings is 1. The molecule has 1 aromatic carbocycles. The zero-order chi connectivity index (χ0) is 13.7. The van der Waals surface area contributed by atoms with Gasteiger partial charge in [0.25, 0.3) is 0 Å². The molecule has 0 heterocycles. The third-order valence-electron chi connectivity index (χ3n) is 2.18. The summed E-state index contributed by atoms with van der Waals surface area (Å²) in [7, 11) is 1.20. The van der Waals surface area contributed by atoms with Gasteiger partial charge in [-0.15, -0.1) is 0 Å². The van der Waals surface area contributed by atoms with Crippen LogP contribution in [0.4, 0.5) is 0 Å². The van der Waals surface area contributed by atoms with Crippen molar-refractivity contribution < 1.29 is 29.3 Å². The molecule has 0 fully saturated rings. The van der Waals surface area contributed by atoms with Gasteiger partial charge in [-0.05, 0) is 23.3 Å². The third kappa shape index (κ3) is 3.89. The minimum atomic E-state index is -1.06. The molecule has 0 saturated heterocycles. The second-order valence-electron chi connectivity index (χ2n) is 3.67. The molecular formula is C12H12O6. The van der Waals surface area contributed by atoms with E-state index < -0.39 is 17.9 Å². The second-order valence-corrected chi connectivity index (χ2v) is 3.67. The number of esters is 1. The lowest BCUT2D eigenvalue weighted by Crippen LogP contribution is -2.08. The number of carbonyl (C=O) groups is 3. The first kappa shape index (κ1) is 13.7. The van der Waals surface area contributed by atoms with Gasteiger partial charge in [0.2, 0.25) is 0 Å². The number of aliphatic carboxylic acids is 2. The maximum atomic E-state index is 11.4. The van der Waals surface area contributed by atoms with Crippen molar-refractivity contribution in [2.75, 3.05) is 7.11 Å². The van der Waals surface area contributed by atoms with Gasteiger partial charge in [0.1, 0.15) is 0 Å². The maximum Gasteiger partial charge on any atom is 0.337 e. The average Bonchev–Trinajstić information content (AvgIpc) is 2.25. The highest BCUT2D eigenvalue weighted by atomic mass is 16.5. The van der Waals surface area contributed by atoms with Gasteiger partial charge in [-0.1, -0.05) is 6.07 Å². The van der Waals surface area contributed by atoms with Crippen molar-refractivity contribution in [3.8, 4) is 0 Å². The molecular weight excluding hydrogens is 240 g/mol. The fourth-order valence-corrected chi connectivity index (χ4v) is 1.55. The predicted molar refractivity (Wildman–Crippen MR) is 60.5 cm³/mol. The largest absolute Gasteiger partial charge is 0.481 e. The highest BCUT2D eigenvalue weighted by Gasteiger charge is 2.12. The number of methoxy groups -OCH3 is 1. The van der Waals surface area contributed by atoms with Gasteiger partial charge in [-0.3, -0.25) is 9.59 Å². The van der Waals surface area contributed by atoms with Crippen LogP contribution in [-0.4, -0.2) is 35.2 Å². The van der Waals surface area contributed by atoms with Crippen LogP contribution in [0.1, 0.15) is 21.5 Å². The average molecular weight is 252 g/mol. The molecule has 0 spiro atoms. The summed E-state index contributed by atoms with van der Waals surface area (Å²) in [5, 5.41) is 17.4. The molecule has 0 aliphatic heterocycles. The Hall–Kier alpha value is -2.37. The molecule has 0 radical (unpaired) electrons. The zero-order valence-corrected chi connectivity index (χ0v) is 9.67. The molecule has 1 rings (SSSR count). The van der Waals surface area contributed by atoms with E-state index in [2.05, 4.69) is 4.74 Å². The van der Waals surface area contributed by atoms with Crippen molar-refractivity contribution in [2.24, 2.45) is 0 Å². The highest BCUT2D eigenvalue weighted by molar-refractivity contribution is 5.90. The van der Waals surface area contributed by atoms with Crippen LogP contribution in [0, 0.1) is 0 Å². The Morgan fingerprint density at radius 2 is 1.44 bits per heavy atom. The summed E-state index contributed by atoms with van der Waals surface area (Å²) in [6.07, 6.45) is -0.561. The Labute approximate surface area is 103 Å². The molecule has 0 atom stereocenters. The van der Waals surface area contributed by atoms with Crippen LogP contribution >= 0.6 is 0 Å². The Morgan fingerprint density at radius 3 is 1.78 bits per heavy atom. The van der Waals surface area contributed by atoms with Gasteiger partial charge < -0.3 is 14.9 Å². The van der Waals surface area contributed by atoms with Gasteiger partial charge in [-0.2, -0.15) is 0 Å². The van der Waals surface area contributed by atoms with Crippen LogP contribution in [0.15, 0.2) is 18.2 Å². The Kier molecular flexibility index (Phi) is 4.42. The number of rotatable bonds is 5. The van der Waals surface area contributed by atoms with E-state index >= 15 is 0 Å². The number of ether oxygens (including phenoxy) is 1. The van der Waals surface area contributed by atoms with E-state index in [-0.39, 0.29) is 18.4 Å². The van der Waals surface area contributed by atoms with Gasteiger partial charge in [-0.25, -0.2) is 4.79 Å². The number of hydrogen-bond acceptors (Lipinski definition) is 4. The maximum absolute atomic E-state index is 11.4. The molecule has 0 saturated carbocycles. The molecule has 0 bridgehead atoms. The summed E-state index contributed by atoms with van der Waals surface area (Å²) in [5.74, 6) is -2.74. The van der Waals surface area contributed by atoms with Crippen molar-refractivity contribution >= 4 is 17.9 Å². The second kappa shape index (κ2) is 5.81. The highest BCUT2D eigenvalue weighted by Crippen LogP contribution is 2.13. The summed E-state index contributed by atoms with van der Waals surface area (Å²) in [4.78, 5) is 32.6. The van der Waals surface area contributed by atoms with Gasteiger partial charge in [0, 0.05) is 0 Å². The third-order valence-corrected chi connectivity index (χ3v) is 2.18. The quantitative estimate of drug-likeness (QED) is 0.749. The predicted octanol–water partition coefficient (Wildman–Crippen LogP) is 0.727. The lowest BCUT2D eigenvalue weighted by molar-refractivity contribution is -0.137. The van der Waals surface area contributed by atoms with Crippen LogP contribution in [0.25, 0.3) is 0 Å². The summed E-state index contributed by atoms with van der Waals surface area (Å²) in [5.41, 5.74) is 0.871. The molecule has 0 aromatic heterocycles. The number of carboxylic acid groups (broad SMARTS) is 2. The molecule has 0 unspecified atom stereocenters. The Bertz CT molecular complexity index is 457. The van der Waals surface area contributed by atoms with E-state index in [9.17, 15) is 14.4 Å². The molecule has 0 amide bonds. The first-order chi connectivity index (χ1) is 8.42. The van der Waals surface area contributed by atoms with Crippen LogP contribution in [-0.2, 0) is 27.2 Å². The number of carboxylic acids is 2. The summed E-state index contributed by atoms with van der Waals surface area (Å²) < 4.78 is 4.52. The molecule has 2 N–H and O–H groups in total. The fraction of sp³-hybridized carbons (Fsp3) is 0.250. The summed E-state index contributed by atoms with van der Waals surface area (Å²) >= 11 is 0. The van der Waals surface area contributed by atoms with Gasteiger partial charge in [0.15, 0.2) is 0 Å². The first-order valence-electron chi connectivity index (χ1n) is 5.07. The molecule has 0 aliphatic carbocycles. The van der Waals surface area contributed by atoms with Crippen molar-refractivity contribution in [1.82, 2.24) is 0 Å².